The number of benzene rings is 1. The third-order valence-electron chi connectivity index (χ3n) is 2.72. The highest BCUT2D eigenvalue weighted by molar-refractivity contribution is 5.62. The van der Waals surface area contributed by atoms with Gasteiger partial charge in [-0.05, 0) is 18.6 Å². The van der Waals surface area contributed by atoms with E-state index in [9.17, 15) is 0 Å². The van der Waals surface area contributed by atoms with Crippen LogP contribution < -0.4 is 9.64 Å². The lowest BCUT2D eigenvalue weighted by atomic mass is 10.1. The second-order valence-corrected chi connectivity index (χ2v) is 4.00. The summed E-state index contributed by atoms with van der Waals surface area (Å²) in [6, 6.07) is 6.22. The highest BCUT2D eigenvalue weighted by Crippen LogP contribution is 2.35. The van der Waals surface area contributed by atoms with Gasteiger partial charge in [-0.3, -0.25) is 0 Å². The summed E-state index contributed by atoms with van der Waals surface area (Å²) in [5.74, 6) is 0.994. The first-order chi connectivity index (χ1) is 7.22. The van der Waals surface area contributed by atoms with Crippen molar-refractivity contribution in [3.63, 3.8) is 0 Å². The fraction of sp³-hybridized carbons (Fsp3) is 0.500. The predicted octanol–water partition coefficient (Wildman–Crippen LogP) is 1.84. The second-order valence-electron chi connectivity index (χ2n) is 4.00. The van der Waals surface area contributed by atoms with Crippen molar-refractivity contribution in [2.24, 2.45) is 0 Å². The Morgan fingerprint density at radius 1 is 1.53 bits per heavy atom. The summed E-state index contributed by atoms with van der Waals surface area (Å²) in [5.41, 5.74) is 2.35. The summed E-state index contributed by atoms with van der Waals surface area (Å²) >= 11 is 0. The summed E-state index contributed by atoms with van der Waals surface area (Å²) in [6.07, 6.45) is 0.133. The lowest BCUT2D eigenvalue weighted by molar-refractivity contribution is 0.0796. The molecule has 0 saturated carbocycles. The quantitative estimate of drug-likeness (QED) is 0.738. The van der Waals surface area contributed by atoms with E-state index in [0.717, 1.165) is 12.3 Å². The summed E-state index contributed by atoms with van der Waals surface area (Å²) in [6.45, 7) is 3.59. The highest BCUT2D eigenvalue weighted by atomic mass is 16.5. The Kier molecular flexibility index (Phi) is 2.82. The Morgan fingerprint density at radius 2 is 2.33 bits per heavy atom. The van der Waals surface area contributed by atoms with Crippen molar-refractivity contribution in [1.29, 1.82) is 0 Å². The van der Waals surface area contributed by atoms with Gasteiger partial charge < -0.3 is 14.4 Å². The molecule has 1 aromatic carbocycles. The maximum Gasteiger partial charge on any atom is 0.146 e. The minimum absolute atomic E-state index is 0.133. The average molecular weight is 207 g/mol. The lowest BCUT2D eigenvalue weighted by Gasteiger charge is -2.34. The topological polar surface area (TPSA) is 21.7 Å². The molecule has 3 heteroatoms. The molecular weight excluding hydrogens is 190 g/mol. The lowest BCUT2D eigenvalue weighted by Crippen LogP contribution is -2.40. The first-order valence-corrected chi connectivity index (χ1v) is 5.18. The van der Waals surface area contributed by atoms with Crippen molar-refractivity contribution in [3.05, 3.63) is 23.8 Å². The molecule has 0 aliphatic carbocycles. The van der Waals surface area contributed by atoms with E-state index in [2.05, 4.69) is 37.1 Å². The van der Waals surface area contributed by atoms with Crippen LogP contribution in [0, 0.1) is 6.92 Å². The zero-order valence-electron chi connectivity index (χ0n) is 9.49. The van der Waals surface area contributed by atoms with Crippen LogP contribution in [0.25, 0.3) is 0 Å². The number of hydrogen-bond acceptors (Lipinski definition) is 3. The summed E-state index contributed by atoms with van der Waals surface area (Å²) in [4.78, 5) is 2.22. The third-order valence-corrected chi connectivity index (χ3v) is 2.72. The van der Waals surface area contributed by atoms with Crippen LogP contribution in [-0.4, -0.2) is 33.4 Å². The molecule has 3 nitrogen and oxygen atoms in total. The maximum atomic E-state index is 5.91. The Morgan fingerprint density at radius 3 is 3.07 bits per heavy atom. The van der Waals surface area contributed by atoms with Gasteiger partial charge in [0.15, 0.2) is 0 Å². The van der Waals surface area contributed by atoms with Crippen LogP contribution in [0.4, 0.5) is 5.69 Å². The van der Waals surface area contributed by atoms with Gasteiger partial charge in [0.1, 0.15) is 11.9 Å². The molecule has 0 unspecified atom stereocenters. The molecule has 82 valence electrons. The van der Waals surface area contributed by atoms with Crippen molar-refractivity contribution in [3.8, 4) is 5.75 Å². The Hall–Kier alpha value is -1.22. The fourth-order valence-electron chi connectivity index (χ4n) is 1.97. The van der Waals surface area contributed by atoms with Gasteiger partial charge in [-0.15, -0.1) is 0 Å². The molecule has 1 aromatic rings. The van der Waals surface area contributed by atoms with Crippen LogP contribution in [0.3, 0.4) is 0 Å². The van der Waals surface area contributed by atoms with Gasteiger partial charge in [0.25, 0.3) is 0 Å². The average Bonchev–Trinajstić information content (AvgIpc) is 2.20. The molecule has 1 aliphatic heterocycles. The normalized spacial score (nSPS) is 19.7. The van der Waals surface area contributed by atoms with Crippen molar-refractivity contribution >= 4 is 5.69 Å². The second kappa shape index (κ2) is 4.11. The molecular formula is C12H17NO2. The zero-order chi connectivity index (χ0) is 10.8. The van der Waals surface area contributed by atoms with Crippen molar-refractivity contribution < 1.29 is 9.47 Å². The predicted molar refractivity (Wildman–Crippen MR) is 60.7 cm³/mol. The van der Waals surface area contributed by atoms with Gasteiger partial charge in [-0.25, -0.2) is 0 Å². The zero-order valence-corrected chi connectivity index (χ0v) is 9.49. The molecule has 1 atom stereocenters. The standard InChI is InChI=1S/C12H17NO2/c1-9-5-4-6-11-12(9)15-10(8-14-3)7-13(11)2/h4-6,10H,7-8H2,1-3H3/t10-/m0/s1. The number of likely N-dealkylation sites (N-methyl/N-ethyl adjacent to an activating group) is 1. The molecule has 0 aromatic heterocycles. The van der Waals surface area contributed by atoms with Gasteiger partial charge in [0.2, 0.25) is 0 Å². The van der Waals surface area contributed by atoms with Crippen molar-refractivity contribution in [2.75, 3.05) is 32.2 Å². The van der Waals surface area contributed by atoms with Crippen LogP contribution in [0.5, 0.6) is 5.75 Å². The van der Waals surface area contributed by atoms with E-state index < -0.39 is 0 Å². The van der Waals surface area contributed by atoms with E-state index in [-0.39, 0.29) is 6.10 Å². The molecule has 0 fully saturated rings. The van der Waals surface area contributed by atoms with Crippen LogP contribution in [0.1, 0.15) is 5.56 Å². The molecule has 0 saturated heterocycles. The molecule has 0 spiro atoms. The number of hydrogen-bond donors (Lipinski definition) is 0. The van der Waals surface area contributed by atoms with Crippen LogP contribution in [0.15, 0.2) is 18.2 Å². The molecule has 1 aliphatic rings. The van der Waals surface area contributed by atoms with E-state index in [1.54, 1.807) is 7.11 Å². The number of anilines is 1. The molecule has 0 bridgehead atoms. The largest absolute Gasteiger partial charge is 0.484 e. The molecule has 0 amide bonds. The van der Waals surface area contributed by atoms with Gasteiger partial charge in [0.05, 0.1) is 18.8 Å². The molecule has 1 heterocycles. The number of aryl methyl sites for hydroxylation is 1. The van der Waals surface area contributed by atoms with E-state index in [4.69, 9.17) is 9.47 Å². The van der Waals surface area contributed by atoms with Crippen LogP contribution in [-0.2, 0) is 4.74 Å². The number of methoxy groups -OCH3 is 1. The minimum Gasteiger partial charge on any atom is -0.484 e. The Labute approximate surface area is 90.6 Å². The fourth-order valence-corrected chi connectivity index (χ4v) is 1.97. The number of fused-ring (bicyclic) bond motifs is 1. The minimum atomic E-state index is 0.133. The van der Waals surface area contributed by atoms with E-state index in [1.807, 2.05) is 0 Å². The smallest absolute Gasteiger partial charge is 0.146 e. The molecule has 15 heavy (non-hydrogen) atoms. The van der Waals surface area contributed by atoms with Gasteiger partial charge in [-0.2, -0.15) is 0 Å². The van der Waals surface area contributed by atoms with Gasteiger partial charge in [-0.1, -0.05) is 12.1 Å². The Balaban J connectivity index is 2.29. The van der Waals surface area contributed by atoms with Crippen molar-refractivity contribution in [1.82, 2.24) is 0 Å². The van der Waals surface area contributed by atoms with E-state index in [0.29, 0.717) is 6.61 Å². The molecule has 2 rings (SSSR count). The van der Waals surface area contributed by atoms with Gasteiger partial charge >= 0.3 is 0 Å². The van der Waals surface area contributed by atoms with Crippen LogP contribution in [0.2, 0.25) is 0 Å². The SMILES string of the molecule is COC[C@@H]1CN(C)c2cccc(C)c2O1. The van der Waals surface area contributed by atoms with Crippen LogP contribution >= 0.6 is 0 Å². The monoisotopic (exact) mass is 207 g/mol. The number of rotatable bonds is 2. The first kappa shape index (κ1) is 10.3. The molecule has 0 radical (unpaired) electrons. The molecule has 0 N–H and O–H groups in total. The number of ether oxygens (including phenoxy) is 2. The first-order valence-electron chi connectivity index (χ1n) is 5.18. The maximum absolute atomic E-state index is 5.91. The van der Waals surface area contributed by atoms with Crippen molar-refractivity contribution in [2.45, 2.75) is 13.0 Å². The van der Waals surface area contributed by atoms with Gasteiger partial charge in [0, 0.05) is 14.2 Å². The van der Waals surface area contributed by atoms with E-state index in [1.165, 1.54) is 11.3 Å². The highest BCUT2D eigenvalue weighted by Gasteiger charge is 2.24. The third kappa shape index (κ3) is 1.92. The summed E-state index contributed by atoms with van der Waals surface area (Å²) < 4.78 is 11.0. The Bertz CT molecular complexity index is 351. The van der Waals surface area contributed by atoms with E-state index >= 15 is 0 Å². The number of para-hydroxylation sites is 1. The summed E-state index contributed by atoms with van der Waals surface area (Å²) in [7, 11) is 3.79. The number of nitrogens with zero attached hydrogens (tertiary/aromatic N) is 1. The summed E-state index contributed by atoms with van der Waals surface area (Å²) in [5, 5.41) is 0.